The number of amides is 1. The molecule has 16 heavy (non-hydrogen) atoms. The SMILES string of the molecule is CC(=N)CC(=O)Nc1nc2ccccc2s1. The van der Waals surface area contributed by atoms with Gasteiger partial charge in [-0.1, -0.05) is 23.5 Å². The Hall–Kier alpha value is -1.75. The van der Waals surface area contributed by atoms with Gasteiger partial charge >= 0.3 is 0 Å². The van der Waals surface area contributed by atoms with Crippen LogP contribution >= 0.6 is 11.3 Å². The molecule has 0 aliphatic carbocycles. The topological polar surface area (TPSA) is 65.8 Å². The zero-order chi connectivity index (χ0) is 11.5. The molecule has 0 bridgehead atoms. The number of nitrogens with one attached hydrogen (secondary N) is 2. The number of rotatable bonds is 3. The first-order valence-electron chi connectivity index (χ1n) is 4.84. The first kappa shape index (κ1) is 10.8. The largest absolute Gasteiger partial charge is 0.309 e. The molecule has 2 N–H and O–H groups in total. The molecule has 0 aliphatic rings. The summed E-state index contributed by atoms with van der Waals surface area (Å²) in [7, 11) is 0. The summed E-state index contributed by atoms with van der Waals surface area (Å²) in [6, 6.07) is 7.72. The highest BCUT2D eigenvalue weighted by Crippen LogP contribution is 2.25. The molecular formula is C11H11N3OS. The van der Waals surface area contributed by atoms with Crippen LogP contribution < -0.4 is 5.32 Å². The predicted octanol–water partition coefficient (Wildman–Crippen LogP) is 2.66. The lowest BCUT2D eigenvalue weighted by Gasteiger charge is -1.98. The molecule has 82 valence electrons. The molecule has 0 radical (unpaired) electrons. The van der Waals surface area contributed by atoms with Crippen LogP contribution in [0.25, 0.3) is 10.2 Å². The van der Waals surface area contributed by atoms with Gasteiger partial charge in [0.05, 0.1) is 16.6 Å². The van der Waals surface area contributed by atoms with E-state index in [9.17, 15) is 4.79 Å². The smallest absolute Gasteiger partial charge is 0.231 e. The molecule has 5 heteroatoms. The average molecular weight is 233 g/mol. The number of hydrogen-bond acceptors (Lipinski definition) is 4. The summed E-state index contributed by atoms with van der Waals surface area (Å²) in [5, 5.41) is 10.5. The lowest BCUT2D eigenvalue weighted by atomic mass is 10.3. The van der Waals surface area contributed by atoms with Crippen LogP contribution in [0.2, 0.25) is 0 Å². The quantitative estimate of drug-likeness (QED) is 0.800. The van der Waals surface area contributed by atoms with Gasteiger partial charge in [-0.25, -0.2) is 4.98 Å². The fourth-order valence-electron chi connectivity index (χ4n) is 1.33. The van der Waals surface area contributed by atoms with Gasteiger partial charge in [0.1, 0.15) is 0 Å². The third-order valence-electron chi connectivity index (χ3n) is 1.97. The number of para-hydroxylation sites is 1. The summed E-state index contributed by atoms with van der Waals surface area (Å²) in [5.74, 6) is -0.188. The summed E-state index contributed by atoms with van der Waals surface area (Å²) < 4.78 is 1.05. The van der Waals surface area contributed by atoms with Gasteiger partial charge in [-0.3, -0.25) is 4.79 Å². The number of thiazole rings is 1. The van der Waals surface area contributed by atoms with Crippen LogP contribution in [0.1, 0.15) is 13.3 Å². The Bertz CT molecular complexity index is 514. The normalized spacial score (nSPS) is 10.3. The van der Waals surface area contributed by atoms with Gasteiger partial charge in [-0.15, -0.1) is 0 Å². The van der Waals surface area contributed by atoms with Crippen molar-refractivity contribution in [1.29, 1.82) is 5.41 Å². The van der Waals surface area contributed by atoms with E-state index in [0.29, 0.717) is 10.8 Å². The number of carbonyl (C=O) groups is 1. The fraction of sp³-hybridized carbons (Fsp3) is 0.182. The van der Waals surface area contributed by atoms with Crippen LogP contribution in [0, 0.1) is 5.41 Å². The Morgan fingerprint density at radius 1 is 1.50 bits per heavy atom. The number of fused-ring (bicyclic) bond motifs is 1. The first-order chi connectivity index (χ1) is 7.65. The minimum absolute atomic E-state index is 0.121. The number of hydrogen-bond donors (Lipinski definition) is 2. The molecule has 0 unspecified atom stereocenters. The number of aromatic nitrogens is 1. The Balaban J connectivity index is 2.15. The third kappa shape index (κ3) is 2.43. The van der Waals surface area contributed by atoms with E-state index in [1.807, 2.05) is 24.3 Å². The molecule has 0 aliphatic heterocycles. The van der Waals surface area contributed by atoms with Gasteiger partial charge in [0.25, 0.3) is 0 Å². The minimum atomic E-state index is -0.188. The zero-order valence-corrected chi connectivity index (χ0v) is 9.60. The first-order valence-corrected chi connectivity index (χ1v) is 5.66. The van der Waals surface area contributed by atoms with E-state index < -0.39 is 0 Å². The maximum Gasteiger partial charge on any atom is 0.231 e. The van der Waals surface area contributed by atoms with Crippen LogP contribution in [0.4, 0.5) is 5.13 Å². The van der Waals surface area contributed by atoms with Crippen molar-refractivity contribution in [3.63, 3.8) is 0 Å². The highest BCUT2D eigenvalue weighted by Gasteiger charge is 2.07. The number of benzene rings is 1. The van der Waals surface area contributed by atoms with Crippen LogP contribution in [0.5, 0.6) is 0 Å². The highest BCUT2D eigenvalue weighted by atomic mass is 32.1. The van der Waals surface area contributed by atoms with Crippen molar-refractivity contribution in [2.24, 2.45) is 0 Å². The molecule has 1 heterocycles. The molecule has 1 aromatic carbocycles. The predicted molar refractivity (Wildman–Crippen MR) is 66.3 cm³/mol. The van der Waals surface area contributed by atoms with E-state index >= 15 is 0 Å². The van der Waals surface area contributed by atoms with E-state index in [2.05, 4.69) is 10.3 Å². The fourth-order valence-corrected chi connectivity index (χ4v) is 2.21. The summed E-state index contributed by atoms with van der Waals surface area (Å²) in [6.07, 6.45) is 0.121. The van der Waals surface area contributed by atoms with Crippen molar-refractivity contribution in [2.75, 3.05) is 5.32 Å². The minimum Gasteiger partial charge on any atom is -0.309 e. The molecule has 2 rings (SSSR count). The van der Waals surface area contributed by atoms with Gasteiger partial charge in [0.15, 0.2) is 5.13 Å². The van der Waals surface area contributed by atoms with Gasteiger partial charge in [-0.2, -0.15) is 0 Å². The lowest BCUT2D eigenvalue weighted by Crippen LogP contribution is -2.14. The van der Waals surface area contributed by atoms with Crippen LogP contribution in [0.15, 0.2) is 24.3 Å². The van der Waals surface area contributed by atoms with E-state index in [0.717, 1.165) is 10.2 Å². The Morgan fingerprint density at radius 3 is 2.94 bits per heavy atom. The number of anilines is 1. The van der Waals surface area contributed by atoms with Crippen LogP contribution in [-0.2, 0) is 4.79 Å². The summed E-state index contributed by atoms with van der Waals surface area (Å²) >= 11 is 1.44. The van der Waals surface area contributed by atoms with E-state index in [-0.39, 0.29) is 12.3 Å². The summed E-state index contributed by atoms with van der Waals surface area (Å²) in [5.41, 5.74) is 1.23. The van der Waals surface area contributed by atoms with Crippen LogP contribution in [-0.4, -0.2) is 16.6 Å². The molecule has 0 spiro atoms. The molecule has 0 atom stereocenters. The second-order valence-corrected chi connectivity index (χ2v) is 4.52. The summed E-state index contributed by atoms with van der Waals surface area (Å²) in [6.45, 7) is 1.61. The standard InChI is InChI=1S/C11H11N3OS/c1-7(12)6-10(15)14-11-13-8-4-2-3-5-9(8)16-11/h2-5,12H,6H2,1H3,(H,13,14,15). The molecule has 4 nitrogen and oxygen atoms in total. The van der Waals surface area contributed by atoms with Crippen molar-refractivity contribution in [3.8, 4) is 0 Å². The molecular weight excluding hydrogens is 222 g/mol. The van der Waals surface area contributed by atoms with Crippen molar-refractivity contribution in [3.05, 3.63) is 24.3 Å². The molecule has 0 saturated heterocycles. The van der Waals surface area contributed by atoms with Gasteiger partial charge < -0.3 is 10.7 Å². The molecule has 0 fully saturated rings. The lowest BCUT2D eigenvalue weighted by molar-refractivity contribution is -0.115. The van der Waals surface area contributed by atoms with Gasteiger partial charge in [0, 0.05) is 5.71 Å². The van der Waals surface area contributed by atoms with E-state index in [1.165, 1.54) is 11.3 Å². The molecule has 2 aromatic rings. The second kappa shape index (κ2) is 4.40. The van der Waals surface area contributed by atoms with Gasteiger partial charge in [0.2, 0.25) is 5.91 Å². The van der Waals surface area contributed by atoms with E-state index in [1.54, 1.807) is 6.92 Å². The second-order valence-electron chi connectivity index (χ2n) is 3.49. The molecule has 0 saturated carbocycles. The maximum atomic E-state index is 11.4. The Kier molecular flexibility index (Phi) is 2.96. The Morgan fingerprint density at radius 2 is 2.25 bits per heavy atom. The molecule has 1 aromatic heterocycles. The van der Waals surface area contributed by atoms with Gasteiger partial charge in [-0.05, 0) is 19.1 Å². The van der Waals surface area contributed by atoms with Crippen molar-refractivity contribution in [1.82, 2.24) is 4.98 Å². The van der Waals surface area contributed by atoms with Crippen molar-refractivity contribution >= 4 is 38.3 Å². The highest BCUT2D eigenvalue weighted by molar-refractivity contribution is 7.22. The Labute approximate surface area is 96.8 Å². The maximum absolute atomic E-state index is 11.4. The average Bonchev–Trinajstić information content (AvgIpc) is 2.57. The van der Waals surface area contributed by atoms with Crippen molar-refractivity contribution in [2.45, 2.75) is 13.3 Å². The number of nitrogens with zero attached hydrogens (tertiary/aromatic N) is 1. The zero-order valence-electron chi connectivity index (χ0n) is 8.78. The number of carbonyl (C=O) groups excluding carboxylic acids is 1. The van der Waals surface area contributed by atoms with E-state index in [4.69, 9.17) is 5.41 Å². The molecule has 1 amide bonds. The third-order valence-corrected chi connectivity index (χ3v) is 2.92. The monoisotopic (exact) mass is 233 g/mol. The van der Waals surface area contributed by atoms with Crippen LogP contribution in [0.3, 0.4) is 0 Å². The summed E-state index contributed by atoms with van der Waals surface area (Å²) in [4.78, 5) is 15.7. The van der Waals surface area contributed by atoms with Crippen molar-refractivity contribution < 1.29 is 4.79 Å².